The molecule has 2 aliphatic rings. The first-order chi connectivity index (χ1) is 16.4. The van der Waals surface area contributed by atoms with Crippen LogP contribution < -0.4 is 20.9 Å². The van der Waals surface area contributed by atoms with Crippen LogP contribution in [0, 0.1) is 0 Å². The highest BCUT2D eigenvalue weighted by molar-refractivity contribution is 6.33. The molecule has 4 heterocycles. The molecule has 0 unspecified atom stereocenters. The topological polar surface area (TPSA) is 104 Å². The van der Waals surface area contributed by atoms with E-state index in [2.05, 4.69) is 15.6 Å². The average molecular weight is 485 g/mol. The Kier molecular flexibility index (Phi) is 6.05. The van der Waals surface area contributed by atoms with Gasteiger partial charge in [-0.3, -0.25) is 4.79 Å². The Morgan fingerprint density at radius 1 is 1.24 bits per heavy atom. The molecule has 1 saturated heterocycles. The quantitative estimate of drug-likeness (QED) is 0.538. The molecule has 3 aromatic rings. The summed E-state index contributed by atoms with van der Waals surface area (Å²) >= 11 is 6.41. The molecule has 34 heavy (non-hydrogen) atoms. The van der Waals surface area contributed by atoms with Crippen LogP contribution in [-0.4, -0.2) is 47.5 Å². The summed E-state index contributed by atoms with van der Waals surface area (Å²) < 4.78 is 18.1. The number of anilines is 3. The molecule has 2 N–H and O–H groups in total. The van der Waals surface area contributed by atoms with Gasteiger partial charge in [0.1, 0.15) is 18.3 Å². The van der Waals surface area contributed by atoms with Crippen LogP contribution >= 0.6 is 11.6 Å². The molecule has 178 valence electrons. The maximum Gasteiger partial charge on any atom is 0.346 e. The number of rotatable bonds is 4. The normalized spacial score (nSPS) is 18.6. The number of aromatic nitrogens is 2. The van der Waals surface area contributed by atoms with Crippen LogP contribution in [0.1, 0.15) is 30.1 Å². The van der Waals surface area contributed by atoms with E-state index >= 15 is 0 Å². The van der Waals surface area contributed by atoms with Crippen molar-refractivity contribution in [2.45, 2.75) is 31.9 Å². The minimum atomic E-state index is -0.625. The molecule has 1 aromatic carbocycles. The van der Waals surface area contributed by atoms with Crippen LogP contribution in [-0.2, 0) is 16.5 Å². The van der Waals surface area contributed by atoms with E-state index in [4.69, 9.17) is 25.8 Å². The summed E-state index contributed by atoms with van der Waals surface area (Å²) in [7, 11) is 1.64. The number of benzene rings is 1. The summed E-state index contributed by atoms with van der Waals surface area (Å²) in [6, 6.07) is 7.18. The number of pyridine rings is 2. The summed E-state index contributed by atoms with van der Waals surface area (Å²) in [5.74, 6) is -0.145. The van der Waals surface area contributed by atoms with Crippen LogP contribution in [0.25, 0.3) is 10.9 Å². The predicted octanol–water partition coefficient (Wildman–Crippen LogP) is 3.86. The number of nitrogens with zero attached hydrogens (tertiary/aromatic N) is 2. The van der Waals surface area contributed by atoms with Crippen molar-refractivity contribution in [1.82, 2.24) is 9.55 Å². The highest BCUT2D eigenvalue weighted by atomic mass is 35.5. The molecule has 0 aliphatic carbocycles. The van der Waals surface area contributed by atoms with E-state index in [1.165, 1.54) is 4.57 Å². The number of ether oxygens (including phenoxy) is 3. The van der Waals surface area contributed by atoms with Gasteiger partial charge in [-0.25, -0.2) is 9.78 Å². The molecule has 1 fully saturated rings. The lowest BCUT2D eigenvalue weighted by molar-refractivity contribution is 0.0237. The first-order valence-electron chi connectivity index (χ1n) is 11.2. The van der Waals surface area contributed by atoms with E-state index in [0.717, 1.165) is 23.9 Å². The molecule has 0 amide bonds. The van der Waals surface area contributed by atoms with Crippen LogP contribution in [0.5, 0.6) is 5.88 Å². The molecule has 2 aliphatic heterocycles. The summed E-state index contributed by atoms with van der Waals surface area (Å²) in [5, 5.41) is 7.74. The molecule has 0 bridgehead atoms. The Hall–Kier alpha value is -3.30. The highest BCUT2D eigenvalue weighted by Gasteiger charge is 2.27. The molecular formula is C24H25ClN4O5. The number of carbonyl (C=O) groups excluding carboxylic acids is 1. The summed E-state index contributed by atoms with van der Waals surface area (Å²) in [4.78, 5) is 29.7. The molecular weight excluding hydrogens is 460 g/mol. The molecule has 5 rings (SSSR count). The molecule has 0 spiro atoms. The number of carbonyl (C=O) groups is 1. The largest absolute Gasteiger partial charge is 0.474 e. The molecule has 10 heteroatoms. The van der Waals surface area contributed by atoms with Crippen molar-refractivity contribution >= 4 is 45.5 Å². The fraction of sp³-hybridized carbons (Fsp3) is 0.375. The molecule has 0 saturated carbocycles. The Bertz CT molecular complexity index is 1320. The standard InChI is InChI=1S/C24H25ClN4O5/c1-13-12-33-24(31)21-22(27-13)16-9-14(3-4-19(16)29(2)23(21)30)28-18-10-20(26-11-17(18)25)34-15-5-7-32-8-6-15/h3-4,9-11,13,15,27H,5-8,12H2,1-2H3,(H,26,28)/t13-/m0/s1. The van der Waals surface area contributed by atoms with Gasteiger partial charge in [0.05, 0.1) is 47.4 Å². The first-order valence-corrected chi connectivity index (χ1v) is 11.6. The molecule has 9 nitrogen and oxygen atoms in total. The lowest BCUT2D eigenvalue weighted by Gasteiger charge is -2.23. The van der Waals surface area contributed by atoms with E-state index in [1.807, 2.05) is 25.1 Å². The number of nitrogens with one attached hydrogen (secondary N) is 2. The second-order valence-electron chi connectivity index (χ2n) is 8.55. The second-order valence-corrected chi connectivity index (χ2v) is 8.95. The van der Waals surface area contributed by atoms with Crippen molar-refractivity contribution < 1.29 is 19.0 Å². The Labute approximate surface area is 201 Å². The van der Waals surface area contributed by atoms with Gasteiger partial charge >= 0.3 is 5.97 Å². The third kappa shape index (κ3) is 4.28. The monoisotopic (exact) mass is 484 g/mol. The van der Waals surface area contributed by atoms with Crippen molar-refractivity contribution in [1.29, 1.82) is 0 Å². The summed E-state index contributed by atoms with van der Waals surface area (Å²) in [6.45, 7) is 3.42. The zero-order chi connectivity index (χ0) is 23.8. The van der Waals surface area contributed by atoms with E-state index in [1.54, 1.807) is 19.3 Å². The van der Waals surface area contributed by atoms with Gasteiger partial charge < -0.3 is 29.4 Å². The number of hydrogen-bond donors (Lipinski definition) is 2. The summed E-state index contributed by atoms with van der Waals surface area (Å²) in [5.41, 5.74) is 2.13. The van der Waals surface area contributed by atoms with E-state index in [0.29, 0.717) is 41.0 Å². The fourth-order valence-electron chi connectivity index (χ4n) is 4.23. The van der Waals surface area contributed by atoms with E-state index < -0.39 is 11.5 Å². The van der Waals surface area contributed by atoms with Crippen molar-refractivity contribution in [3.63, 3.8) is 0 Å². The number of hydrogen-bond acceptors (Lipinski definition) is 8. The van der Waals surface area contributed by atoms with Gasteiger partial charge in [-0.1, -0.05) is 11.6 Å². The highest BCUT2D eigenvalue weighted by Crippen LogP contribution is 2.33. The smallest absolute Gasteiger partial charge is 0.346 e. The Balaban J connectivity index is 1.52. The zero-order valence-electron chi connectivity index (χ0n) is 18.9. The summed E-state index contributed by atoms with van der Waals surface area (Å²) in [6.07, 6.45) is 3.24. The Morgan fingerprint density at radius 3 is 2.82 bits per heavy atom. The maximum atomic E-state index is 12.9. The third-order valence-electron chi connectivity index (χ3n) is 6.02. The molecule has 2 aromatic heterocycles. The fourth-order valence-corrected chi connectivity index (χ4v) is 4.38. The molecule has 0 radical (unpaired) electrons. The number of aryl methyl sites for hydroxylation is 1. The van der Waals surface area contributed by atoms with Crippen molar-refractivity contribution in [2.75, 3.05) is 30.5 Å². The van der Waals surface area contributed by atoms with Crippen LogP contribution in [0.3, 0.4) is 0 Å². The third-order valence-corrected chi connectivity index (χ3v) is 6.32. The van der Waals surface area contributed by atoms with Crippen LogP contribution in [0.2, 0.25) is 5.02 Å². The van der Waals surface area contributed by atoms with E-state index in [-0.39, 0.29) is 24.3 Å². The Morgan fingerprint density at radius 2 is 2.03 bits per heavy atom. The lowest BCUT2D eigenvalue weighted by Crippen LogP contribution is -2.26. The number of halogens is 1. The predicted molar refractivity (Wildman–Crippen MR) is 130 cm³/mol. The SMILES string of the molecule is C[C@H]1COC(=O)c2c(c3cc(Nc4cc(OC5CCOCC5)ncc4Cl)ccc3n(C)c2=O)N1. The maximum absolute atomic E-state index is 12.9. The van der Waals surface area contributed by atoms with Gasteiger partial charge in [-0.2, -0.15) is 0 Å². The van der Waals surface area contributed by atoms with Crippen LogP contribution in [0.4, 0.5) is 17.1 Å². The first kappa shape index (κ1) is 22.5. The van der Waals surface area contributed by atoms with Gasteiger partial charge in [-0.05, 0) is 25.1 Å². The zero-order valence-corrected chi connectivity index (χ0v) is 19.6. The van der Waals surface area contributed by atoms with Gasteiger partial charge in [0, 0.05) is 37.0 Å². The number of fused-ring (bicyclic) bond motifs is 3. The lowest BCUT2D eigenvalue weighted by atomic mass is 10.1. The van der Waals surface area contributed by atoms with Crippen molar-refractivity contribution in [2.24, 2.45) is 7.05 Å². The van der Waals surface area contributed by atoms with Crippen molar-refractivity contribution in [3.8, 4) is 5.88 Å². The van der Waals surface area contributed by atoms with Gasteiger partial charge in [0.2, 0.25) is 5.88 Å². The van der Waals surface area contributed by atoms with Gasteiger partial charge in [0.25, 0.3) is 5.56 Å². The van der Waals surface area contributed by atoms with Crippen LogP contribution in [0.15, 0.2) is 35.3 Å². The minimum Gasteiger partial charge on any atom is -0.474 e. The van der Waals surface area contributed by atoms with Gasteiger partial charge in [-0.15, -0.1) is 0 Å². The minimum absolute atomic E-state index is 0.00518. The second kappa shape index (κ2) is 9.15. The average Bonchev–Trinajstić information content (AvgIpc) is 2.98. The van der Waals surface area contributed by atoms with E-state index in [9.17, 15) is 9.59 Å². The number of cyclic esters (lactones) is 1. The van der Waals surface area contributed by atoms with Crippen molar-refractivity contribution in [3.05, 3.63) is 51.4 Å². The number of esters is 1. The van der Waals surface area contributed by atoms with Gasteiger partial charge in [0.15, 0.2) is 0 Å². The molecule has 1 atom stereocenters.